The zero-order chi connectivity index (χ0) is 15.8. The maximum Gasteiger partial charge on any atom is 0.141 e. The molecule has 0 atom stereocenters. The van der Waals surface area contributed by atoms with Crippen molar-refractivity contribution in [2.75, 3.05) is 0 Å². The zero-order valence-electron chi connectivity index (χ0n) is 13.5. The topological polar surface area (TPSA) is 17.8 Å². The number of benzene rings is 3. The van der Waals surface area contributed by atoms with E-state index in [1.165, 1.54) is 21.9 Å². The Hall–Kier alpha value is -2.61. The van der Waals surface area contributed by atoms with Crippen LogP contribution in [-0.4, -0.2) is 9.55 Å². The Kier molecular flexibility index (Phi) is 3.38. The Balaban J connectivity index is 2.04. The van der Waals surface area contributed by atoms with Crippen LogP contribution in [0.4, 0.5) is 0 Å². The van der Waals surface area contributed by atoms with E-state index in [0.717, 1.165) is 17.9 Å². The number of nitrogens with zero attached hydrogens (tertiary/aromatic N) is 2. The average molecular weight is 300 g/mol. The molecule has 3 aromatic carbocycles. The van der Waals surface area contributed by atoms with Gasteiger partial charge in [-0.1, -0.05) is 68.4 Å². The highest BCUT2D eigenvalue weighted by Crippen LogP contribution is 2.31. The average Bonchev–Trinajstić information content (AvgIpc) is 2.92. The lowest BCUT2D eigenvalue weighted by atomic mass is 10.0. The Bertz CT molecular complexity index is 974. The fraction of sp³-hybridized carbons (Fsp3) is 0.190. The number of para-hydroxylation sites is 2. The second-order valence-corrected chi connectivity index (χ2v) is 6.46. The van der Waals surface area contributed by atoms with Gasteiger partial charge in [-0.15, -0.1) is 0 Å². The van der Waals surface area contributed by atoms with E-state index in [-0.39, 0.29) is 0 Å². The molecule has 0 bridgehead atoms. The molecule has 23 heavy (non-hydrogen) atoms. The van der Waals surface area contributed by atoms with E-state index >= 15 is 0 Å². The van der Waals surface area contributed by atoms with Gasteiger partial charge in [0.1, 0.15) is 5.82 Å². The summed E-state index contributed by atoms with van der Waals surface area (Å²) in [6, 6.07) is 23.4. The lowest BCUT2D eigenvalue weighted by Gasteiger charge is -2.13. The Morgan fingerprint density at radius 1 is 0.870 bits per heavy atom. The van der Waals surface area contributed by atoms with Gasteiger partial charge in [-0.3, -0.25) is 0 Å². The largest absolute Gasteiger partial charge is 0.324 e. The number of rotatable bonds is 3. The predicted molar refractivity (Wildman–Crippen MR) is 97.5 cm³/mol. The van der Waals surface area contributed by atoms with Crippen molar-refractivity contribution >= 4 is 21.8 Å². The first-order chi connectivity index (χ1) is 11.2. The van der Waals surface area contributed by atoms with Gasteiger partial charge in [0, 0.05) is 12.1 Å². The first kappa shape index (κ1) is 14.0. The number of imidazole rings is 1. The van der Waals surface area contributed by atoms with Gasteiger partial charge in [0.2, 0.25) is 0 Å². The molecule has 4 rings (SSSR count). The van der Waals surface area contributed by atoms with Crippen molar-refractivity contribution in [1.29, 1.82) is 0 Å². The minimum Gasteiger partial charge on any atom is -0.324 e. The Morgan fingerprint density at radius 3 is 2.48 bits per heavy atom. The maximum absolute atomic E-state index is 4.95. The normalized spacial score (nSPS) is 11.6. The van der Waals surface area contributed by atoms with E-state index < -0.39 is 0 Å². The quantitative estimate of drug-likeness (QED) is 0.487. The molecular weight excluding hydrogens is 280 g/mol. The van der Waals surface area contributed by atoms with Crippen molar-refractivity contribution < 1.29 is 0 Å². The van der Waals surface area contributed by atoms with Crippen LogP contribution in [-0.2, 0) is 6.54 Å². The van der Waals surface area contributed by atoms with Crippen LogP contribution in [0, 0.1) is 5.92 Å². The third kappa shape index (κ3) is 2.40. The summed E-state index contributed by atoms with van der Waals surface area (Å²) in [5, 5.41) is 2.52. The van der Waals surface area contributed by atoms with E-state index in [1.54, 1.807) is 0 Å². The van der Waals surface area contributed by atoms with Crippen LogP contribution in [0.1, 0.15) is 13.8 Å². The highest BCUT2D eigenvalue weighted by Gasteiger charge is 2.15. The van der Waals surface area contributed by atoms with Crippen molar-refractivity contribution in [2.24, 2.45) is 5.92 Å². The summed E-state index contributed by atoms with van der Waals surface area (Å²) in [6.07, 6.45) is 0. The molecule has 0 radical (unpaired) electrons. The fourth-order valence-electron chi connectivity index (χ4n) is 3.25. The molecule has 0 saturated carbocycles. The first-order valence-corrected chi connectivity index (χ1v) is 8.17. The predicted octanol–water partition coefficient (Wildman–Crippen LogP) is 5.51. The summed E-state index contributed by atoms with van der Waals surface area (Å²) in [7, 11) is 0. The van der Waals surface area contributed by atoms with Crippen molar-refractivity contribution in [3.8, 4) is 11.4 Å². The molecule has 0 amide bonds. The highest BCUT2D eigenvalue weighted by molar-refractivity contribution is 5.96. The number of hydrogen-bond acceptors (Lipinski definition) is 1. The van der Waals surface area contributed by atoms with Gasteiger partial charge in [0.25, 0.3) is 0 Å². The fourth-order valence-corrected chi connectivity index (χ4v) is 3.25. The van der Waals surface area contributed by atoms with Crippen LogP contribution in [0.15, 0.2) is 66.7 Å². The van der Waals surface area contributed by atoms with Gasteiger partial charge < -0.3 is 4.57 Å². The summed E-state index contributed by atoms with van der Waals surface area (Å²) < 4.78 is 2.36. The number of fused-ring (bicyclic) bond motifs is 2. The second-order valence-electron chi connectivity index (χ2n) is 6.46. The van der Waals surface area contributed by atoms with Crippen molar-refractivity contribution in [3.05, 3.63) is 66.7 Å². The molecule has 0 N–H and O–H groups in total. The maximum atomic E-state index is 4.95. The summed E-state index contributed by atoms with van der Waals surface area (Å²) >= 11 is 0. The third-order valence-electron chi connectivity index (χ3n) is 4.23. The van der Waals surface area contributed by atoms with Crippen molar-refractivity contribution in [3.63, 3.8) is 0 Å². The van der Waals surface area contributed by atoms with Crippen LogP contribution in [0.5, 0.6) is 0 Å². The summed E-state index contributed by atoms with van der Waals surface area (Å²) in [4.78, 5) is 4.95. The van der Waals surface area contributed by atoms with Crippen LogP contribution in [0.2, 0.25) is 0 Å². The minimum atomic E-state index is 0.571. The molecule has 0 saturated heterocycles. The molecule has 1 heterocycles. The molecule has 114 valence electrons. The van der Waals surface area contributed by atoms with Gasteiger partial charge in [-0.25, -0.2) is 4.98 Å². The lowest BCUT2D eigenvalue weighted by molar-refractivity contribution is 0.536. The zero-order valence-corrected chi connectivity index (χ0v) is 13.5. The van der Waals surface area contributed by atoms with Gasteiger partial charge in [-0.2, -0.15) is 0 Å². The Morgan fingerprint density at radius 2 is 1.61 bits per heavy atom. The SMILES string of the molecule is CC(C)Cn1c(-c2cccc3ccccc23)nc2ccccc21. The molecular formula is C21H20N2. The molecule has 0 aliphatic rings. The van der Waals surface area contributed by atoms with Gasteiger partial charge >= 0.3 is 0 Å². The molecule has 1 aromatic heterocycles. The molecule has 0 unspecified atom stereocenters. The van der Waals surface area contributed by atoms with E-state index in [4.69, 9.17) is 4.98 Å². The van der Waals surface area contributed by atoms with Crippen LogP contribution in [0.3, 0.4) is 0 Å². The van der Waals surface area contributed by atoms with E-state index in [1.807, 2.05) is 0 Å². The van der Waals surface area contributed by atoms with Gasteiger partial charge in [-0.05, 0) is 28.8 Å². The van der Waals surface area contributed by atoms with Crippen LogP contribution >= 0.6 is 0 Å². The molecule has 0 fully saturated rings. The molecule has 0 spiro atoms. The molecule has 4 aromatic rings. The minimum absolute atomic E-state index is 0.571. The third-order valence-corrected chi connectivity index (χ3v) is 4.23. The smallest absolute Gasteiger partial charge is 0.141 e. The summed E-state index contributed by atoms with van der Waals surface area (Å²) in [5.41, 5.74) is 3.49. The molecule has 2 heteroatoms. The standard InChI is InChI=1S/C21H20N2/c1-15(2)14-23-20-13-6-5-12-19(20)22-21(23)18-11-7-9-16-8-3-4-10-17(16)18/h3-13,15H,14H2,1-2H3. The molecule has 0 aliphatic carbocycles. The second kappa shape index (κ2) is 5.54. The molecule has 2 nitrogen and oxygen atoms in total. The van der Waals surface area contributed by atoms with Crippen molar-refractivity contribution in [1.82, 2.24) is 9.55 Å². The number of aromatic nitrogens is 2. The highest BCUT2D eigenvalue weighted by atomic mass is 15.1. The summed E-state index contributed by atoms with van der Waals surface area (Å²) in [5.74, 6) is 1.64. The van der Waals surface area contributed by atoms with E-state index in [0.29, 0.717) is 5.92 Å². The monoisotopic (exact) mass is 300 g/mol. The van der Waals surface area contributed by atoms with Crippen LogP contribution < -0.4 is 0 Å². The van der Waals surface area contributed by atoms with E-state index in [9.17, 15) is 0 Å². The lowest BCUT2D eigenvalue weighted by Crippen LogP contribution is -2.06. The van der Waals surface area contributed by atoms with Crippen LogP contribution in [0.25, 0.3) is 33.2 Å². The first-order valence-electron chi connectivity index (χ1n) is 8.17. The van der Waals surface area contributed by atoms with Crippen molar-refractivity contribution in [2.45, 2.75) is 20.4 Å². The van der Waals surface area contributed by atoms with Gasteiger partial charge in [0.05, 0.1) is 11.0 Å². The summed E-state index contributed by atoms with van der Waals surface area (Å²) in [6.45, 7) is 5.47. The number of hydrogen-bond donors (Lipinski definition) is 0. The molecule has 0 aliphatic heterocycles. The van der Waals surface area contributed by atoms with E-state index in [2.05, 4.69) is 85.1 Å². The Labute approximate surface area is 136 Å². The van der Waals surface area contributed by atoms with Gasteiger partial charge in [0.15, 0.2) is 0 Å².